The van der Waals surface area contributed by atoms with Crippen LogP contribution >= 0.6 is 0 Å². The van der Waals surface area contributed by atoms with Gasteiger partial charge in [0.1, 0.15) is 19.0 Å². The Morgan fingerprint density at radius 1 is 1.15 bits per heavy atom. The van der Waals surface area contributed by atoms with Gasteiger partial charge in [0.05, 0.1) is 4.90 Å². The molecule has 0 saturated carbocycles. The number of esters is 1. The second-order valence-electron chi connectivity index (χ2n) is 5.61. The molecular formula is C17H14N2O6S. The van der Waals surface area contributed by atoms with Crippen molar-refractivity contribution in [3.8, 4) is 11.5 Å². The Bertz CT molecular complexity index is 1020. The van der Waals surface area contributed by atoms with Gasteiger partial charge in [0.2, 0.25) is 6.79 Å². The summed E-state index contributed by atoms with van der Waals surface area (Å²) in [5.41, 5.74) is 1.19. The molecular weight excluding hydrogens is 360 g/mol. The molecule has 0 aromatic heterocycles. The zero-order valence-electron chi connectivity index (χ0n) is 13.5. The lowest BCUT2D eigenvalue weighted by Gasteiger charge is -2.05. The third kappa shape index (κ3) is 3.08. The highest BCUT2D eigenvalue weighted by molar-refractivity contribution is 7.90. The second kappa shape index (κ2) is 6.34. The van der Waals surface area contributed by atoms with Crippen LogP contribution in [-0.2, 0) is 26.2 Å². The lowest BCUT2D eigenvalue weighted by Crippen LogP contribution is -2.23. The first-order valence-electron chi connectivity index (χ1n) is 7.74. The minimum Gasteiger partial charge on any atom is -0.459 e. The first-order chi connectivity index (χ1) is 12.5. The zero-order valence-corrected chi connectivity index (χ0v) is 14.3. The third-order valence-electron chi connectivity index (χ3n) is 3.87. The molecule has 0 amide bonds. The summed E-state index contributed by atoms with van der Waals surface area (Å²) in [4.78, 5) is 16.1. The van der Waals surface area contributed by atoms with E-state index in [2.05, 4.69) is 9.71 Å². The van der Waals surface area contributed by atoms with Gasteiger partial charge in [-0.05, 0) is 29.8 Å². The SMILES string of the molecule is O=C(CN=C1NS(=O)(=O)c2ccccc21)OCc1ccc2c(c1)OCO2. The van der Waals surface area contributed by atoms with E-state index < -0.39 is 16.0 Å². The summed E-state index contributed by atoms with van der Waals surface area (Å²) in [7, 11) is -3.62. The summed E-state index contributed by atoms with van der Waals surface area (Å²) in [6.07, 6.45) is 0. The first-order valence-corrected chi connectivity index (χ1v) is 9.22. The Morgan fingerprint density at radius 2 is 1.96 bits per heavy atom. The Hall–Kier alpha value is -3.07. The van der Waals surface area contributed by atoms with E-state index >= 15 is 0 Å². The maximum Gasteiger partial charge on any atom is 0.328 e. The molecule has 0 fully saturated rings. The molecule has 0 saturated heterocycles. The zero-order chi connectivity index (χ0) is 18.1. The van der Waals surface area contributed by atoms with Crippen molar-refractivity contribution in [3.05, 3.63) is 53.6 Å². The van der Waals surface area contributed by atoms with Crippen molar-refractivity contribution in [1.82, 2.24) is 4.72 Å². The predicted octanol–water partition coefficient (Wildman–Crippen LogP) is 1.20. The number of fused-ring (bicyclic) bond motifs is 2. The van der Waals surface area contributed by atoms with E-state index in [9.17, 15) is 13.2 Å². The third-order valence-corrected chi connectivity index (χ3v) is 5.26. The lowest BCUT2D eigenvalue weighted by molar-refractivity contribution is -0.143. The van der Waals surface area contributed by atoms with E-state index in [0.717, 1.165) is 5.56 Å². The van der Waals surface area contributed by atoms with E-state index in [1.807, 2.05) is 0 Å². The highest BCUT2D eigenvalue weighted by Crippen LogP contribution is 2.32. The predicted molar refractivity (Wildman–Crippen MR) is 90.5 cm³/mol. The quantitative estimate of drug-likeness (QED) is 0.807. The maximum absolute atomic E-state index is 12.0. The maximum atomic E-state index is 12.0. The minimum atomic E-state index is -3.62. The van der Waals surface area contributed by atoms with E-state index in [0.29, 0.717) is 17.1 Å². The van der Waals surface area contributed by atoms with E-state index in [1.54, 1.807) is 36.4 Å². The molecule has 2 aliphatic heterocycles. The number of hydrogen-bond acceptors (Lipinski definition) is 7. The van der Waals surface area contributed by atoms with Gasteiger partial charge in [-0.2, -0.15) is 0 Å². The van der Waals surface area contributed by atoms with Gasteiger partial charge < -0.3 is 14.2 Å². The molecule has 134 valence electrons. The Kier molecular flexibility index (Phi) is 4.00. The molecule has 2 aromatic rings. The number of nitrogens with one attached hydrogen (secondary N) is 1. The second-order valence-corrected chi connectivity index (χ2v) is 7.27. The summed E-state index contributed by atoms with van der Waals surface area (Å²) < 4.78 is 41.9. The van der Waals surface area contributed by atoms with Crippen molar-refractivity contribution in [2.75, 3.05) is 13.3 Å². The highest BCUT2D eigenvalue weighted by atomic mass is 32.2. The van der Waals surface area contributed by atoms with Crippen LogP contribution in [0.2, 0.25) is 0 Å². The van der Waals surface area contributed by atoms with E-state index in [-0.39, 0.29) is 30.7 Å². The fraction of sp³-hybridized carbons (Fsp3) is 0.176. The lowest BCUT2D eigenvalue weighted by atomic mass is 10.2. The number of hydrogen-bond donors (Lipinski definition) is 1. The molecule has 0 radical (unpaired) electrons. The van der Waals surface area contributed by atoms with Crippen molar-refractivity contribution in [1.29, 1.82) is 0 Å². The van der Waals surface area contributed by atoms with Crippen molar-refractivity contribution in [2.24, 2.45) is 4.99 Å². The normalized spacial score (nSPS) is 17.6. The number of benzene rings is 2. The van der Waals surface area contributed by atoms with Crippen LogP contribution in [0.5, 0.6) is 11.5 Å². The van der Waals surface area contributed by atoms with E-state index in [1.165, 1.54) is 6.07 Å². The first kappa shape index (κ1) is 16.4. The summed E-state index contributed by atoms with van der Waals surface area (Å²) in [6, 6.07) is 11.7. The van der Waals surface area contributed by atoms with Crippen molar-refractivity contribution in [2.45, 2.75) is 11.5 Å². The molecule has 9 heteroatoms. The number of carbonyl (C=O) groups is 1. The van der Waals surface area contributed by atoms with Crippen LogP contribution in [0.4, 0.5) is 0 Å². The van der Waals surface area contributed by atoms with Gasteiger partial charge >= 0.3 is 5.97 Å². The van der Waals surface area contributed by atoms with Crippen LogP contribution in [-0.4, -0.2) is 33.6 Å². The van der Waals surface area contributed by atoms with Crippen molar-refractivity contribution in [3.63, 3.8) is 0 Å². The van der Waals surface area contributed by atoms with Crippen molar-refractivity contribution >= 4 is 21.8 Å². The standard InChI is InChI=1S/C17H14N2O6S/c20-16(23-9-11-5-6-13-14(7-11)25-10-24-13)8-18-17-12-3-1-2-4-15(12)26(21,22)19-17/h1-7H,8-10H2,(H,18,19). The van der Waals surface area contributed by atoms with Gasteiger partial charge in [0.25, 0.3) is 10.0 Å². The van der Waals surface area contributed by atoms with Crippen LogP contribution in [0.1, 0.15) is 11.1 Å². The Labute approximate surface area is 149 Å². The summed E-state index contributed by atoms with van der Waals surface area (Å²) in [5, 5.41) is 0. The van der Waals surface area contributed by atoms with Crippen molar-refractivity contribution < 1.29 is 27.4 Å². The van der Waals surface area contributed by atoms with Gasteiger partial charge in [0.15, 0.2) is 11.5 Å². The molecule has 4 rings (SSSR count). The van der Waals surface area contributed by atoms with Gasteiger partial charge in [0, 0.05) is 5.56 Å². The molecule has 2 aromatic carbocycles. The summed E-state index contributed by atoms with van der Waals surface area (Å²) >= 11 is 0. The van der Waals surface area contributed by atoms with Crippen LogP contribution in [0.25, 0.3) is 0 Å². The summed E-state index contributed by atoms with van der Waals surface area (Å²) in [6.45, 7) is -0.0627. The van der Waals surface area contributed by atoms with Crippen LogP contribution in [0.3, 0.4) is 0 Å². The number of nitrogens with zero attached hydrogens (tertiary/aromatic N) is 1. The van der Waals surface area contributed by atoms with Gasteiger partial charge in [-0.25, -0.2) is 8.42 Å². The smallest absolute Gasteiger partial charge is 0.328 e. The van der Waals surface area contributed by atoms with E-state index in [4.69, 9.17) is 14.2 Å². The van der Waals surface area contributed by atoms with Crippen LogP contribution in [0.15, 0.2) is 52.4 Å². The topological polar surface area (TPSA) is 103 Å². The molecule has 0 atom stereocenters. The molecule has 0 spiro atoms. The fourth-order valence-corrected chi connectivity index (χ4v) is 3.89. The monoisotopic (exact) mass is 374 g/mol. The number of ether oxygens (including phenoxy) is 3. The van der Waals surface area contributed by atoms with Crippen LogP contribution in [0, 0.1) is 0 Å². The van der Waals surface area contributed by atoms with Gasteiger partial charge in [-0.1, -0.05) is 18.2 Å². The van der Waals surface area contributed by atoms with Gasteiger partial charge in [-0.15, -0.1) is 0 Å². The molecule has 0 unspecified atom stereocenters. The number of aliphatic imine (C=N–C) groups is 1. The number of carbonyl (C=O) groups excluding carboxylic acids is 1. The average molecular weight is 374 g/mol. The average Bonchev–Trinajstić information content (AvgIpc) is 3.20. The fourth-order valence-electron chi connectivity index (χ4n) is 2.64. The molecule has 26 heavy (non-hydrogen) atoms. The number of amidine groups is 1. The van der Waals surface area contributed by atoms with Gasteiger partial charge in [-0.3, -0.25) is 14.5 Å². The molecule has 8 nitrogen and oxygen atoms in total. The molecule has 1 N–H and O–H groups in total. The molecule has 0 aliphatic carbocycles. The minimum absolute atomic E-state index is 0.0582. The number of sulfonamides is 1. The van der Waals surface area contributed by atoms with Crippen LogP contribution < -0.4 is 14.2 Å². The molecule has 2 aliphatic rings. The summed E-state index contributed by atoms with van der Waals surface area (Å²) in [5.74, 6) is 0.828. The Morgan fingerprint density at radius 3 is 2.85 bits per heavy atom. The largest absolute Gasteiger partial charge is 0.459 e. The number of rotatable bonds is 4. The highest BCUT2D eigenvalue weighted by Gasteiger charge is 2.30. The molecule has 0 bridgehead atoms. The molecule has 2 heterocycles. The Balaban J connectivity index is 1.39.